The standard InChI is InChI=1S/C37H40N2O7/c1-4-36(41)45-24-8-6-22-43-32-16-10-29(11-17-32)14-21-35(40)39-34-20-15-31(26-28(34)3)38-27-30-12-18-33(19-13-30)44-23-7-9-25-46-37(42)5-2/h4-5,10-21,26-27H,1-2,6-9,22-25H2,3H3,(H,39,40)/b21-14+,38-27?. The number of esters is 2. The largest absolute Gasteiger partial charge is 0.494 e. The van der Waals surface area contributed by atoms with Crippen LogP contribution in [-0.4, -0.2) is 50.5 Å². The minimum absolute atomic E-state index is 0.240. The Morgan fingerprint density at radius 2 is 1.24 bits per heavy atom. The van der Waals surface area contributed by atoms with E-state index in [9.17, 15) is 14.4 Å². The van der Waals surface area contributed by atoms with Gasteiger partial charge in [0.25, 0.3) is 0 Å². The molecule has 0 spiro atoms. The number of anilines is 1. The third kappa shape index (κ3) is 13.5. The normalized spacial score (nSPS) is 10.8. The van der Waals surface area contributed by atoms with E-state index in [-0.39, 0.29) is 5.91 Å². The molecule has 3 aromatic rings. The van der Waals surface area contributed by atoms with Crippen molar-refractivity contribution in [2.45, 2.75) is 32.6 Å². The maximum Gasteiger partial charge on any atom is 0.330 e. The van der Waals surface area contributed by atoms with Gasteiger partial charge in [0, 0.05) is 30.1 Å². The zero-order valence-electron chi connectivity index (χ0n) is 26.1. The highest BCUT2D eigenvalue weighted by atomic mass is 16.5. The molecule has 46 heavy (non-hydrogen) atoms. The van der Waals surface area contributed by atoms with Crippen molar-refractivity contribution in [2.75, 3.05) is 31.7 Å². The van der Waals surface area contributed by atoms with Crippen LogP contribution in [0.3, 0.4) is 0 Å². The van der Waals surface area contributed by atoms with Crippen molar-refractivity contribution in [1.82, 2.24) is 0 Å². The number of rotatable bonds is 19. The number of nitrogens with one attached hydrogen (secondary N) is 1. The van der Waals surface area contributed by atoms with Crippen LogP contribution in [0.15, 0.2) is 103 Å². The fraction of sp³-hybridized carbons (Fsp3) is 0.243. The summed E-state index contributed by atoms with van der Waals surface area (Å²) in [6.07, 6.45) is 10.2. The van der Waals surface area contributed by atoms with Crippen molar-refractivity contribution in [2.24, 2.45) is 4.99 Å². The molecule has 0 aliphatic rings. The zero-order valence-corrected chi connectivity index (χ0v) is 26.1. The van der Waals surface area contributed by atoms with Crippen molar-refractivity contribution in [1.29, 1.82) is 0 Å². The molecule has 1 N–H and O–H groups in total. The molecule has 3 aromatic carbocycles. The molecule has 0 aromatic heterocycles. The maximum absolute atomic E-state index is 12.5. The van der Waals surface area contributed by atoms with E-state index in [0.29, 0.717) is 38.5 Å². The number of ether oxygens (including phenoxy) is 4. The van der Waals surface area contributed by atoms with Crippen LogP contribution in [-0.2, 0) is 23.9 Å². The quantitative estimate of drug-likeness (QED) is 0.0651. The van der Waals surface area contributed by atoms with Crippen molar-refractivity contribution in [3.05, 3.63) is 115 Å². The fourth-order valence-electron chi connectivity index (χ4n) is 3.94. The second-order valence-electron chi connectivity index (χ2n) is 10.1. The molecule has 0 radical (unpaired) electrons. The van der Waals surface area contributed by atoms with E-state index in [1.807, 2.05) is 73.7 Å². The van der Waals surface area contributed by atoms with E-state index < -0.39 is 11.9 Å². The van der Waals surface area contributed by atoms with Crippen LogP contribution in [0.2, 0.25) is 0 Å². The lowest BCUT2D eigenvalue weighted by molar-refractivity contribution is -0.138. The summed E-state index contributed by atoms with van der Waals surface area (Å²) in [7, 11) is 0. The van der Waals surface area contributed by atoms with Gasteiger partial charge in [-0.25, -0.2) is 9.59 Å². The summed E-state index contributed by atoms with van der Waals surface area (Å²) in [6.45, 7) is 10.4. The first-order valence-electron chi connectivity index (χ1n) is 15.0. The van der Waals surface area contributed by atoms with Gasteiger partial charge in [-0.15, -0.1) is 0 Å². The van der Waals surface area contributed by atoms with Gasteiger partial charge < -0.3 is 24.3 Å². The summed E-state index contributed by atoms with van der Waals surface area (Å²) in [5.74, 6) is 0.404. The monoisotopic (exact) mass is 624 g/mol. The first-order valence-corrected chi connectivity index (χ1v) is 15.0. The Hall–Kier alpha value is -5.44. The van der Waals surface area contributed by atoms with Crippen LogP contribution in [0.25, 0.3) is 6.08 Å². The highest BCUT2D eigenvalue weighted by Crippen LogP contribution is 2.22. The van der Waals surface area contributed by atoms with E-state index in [0.717, 1.165) is 65.3 Å². The topological polar surface area (TPSA) is 113 Å². The summed E-state index contributed by atoms with van der Waals surface area (Å²) in [5.41, 5.74) is 4.15. The molecule has 0 saturated heterocycles. The molecular formula is C37H40N2O7. The van der Waals surface area contributed by atoms with Gasteiger partial charge in [-0.3, -0.25) is 9.79 Å². The lowest BCUT2D eigenvalue weighted by Gasteiger charge is -2.08. The van der Waals surface area contributed by atoms with Gasteiger partial charge in [0.2, 0.25) is 5.91 Å². The Bertz CT molecular complexity index is 1510. The smallest absolute Gasteiger partial charge is 0.330 e. The Morgan fingerprint density at radius 1 is 0.717 bits per heavy atom. The average Bonchev–Trinajstić information content (AvgIpc) is 3.07. The summed E-state index contributed by atoms with van der Waals surface area (Å²) in [5, 5.41) is 2.91. The van der Waals surface area contributed by atoms with Crippen LogP contribution in [0.5, 0.6) is 11.5 Å². The molecule has 9 heteroatoms. The van der Waals surface area contributed by atoms with Gasteiger partial charge >= 0.3 is 11.9 Å². The summed E-state index contributed by atoms with van der Waals surface area (Å²) >= 11 is 0. The Balaban J connectivity index is 1.39. The number of aryl methyl sites for hydroxylation is 1. The van der Waals surface area contributed by atoms with Crippen molar-refractivity contribution in [3.8, 4) is 11.5 Å². The maximum atomic E-state index is 12.5. The minimum Gasteiger partial charge on any atom is -0.494 e. The van der Waals surface area contributed by atoms with Crippen molar-refractivity contribution >= 4 is 41.5 Å². The first kappa shape index (κ1) is 35.0. The number of unbranched alkanes of at least 4 members (excludes halogenated alkanes) is 2. The van der Waals surface area contributed by atoms with E-state index in [2.05, 4.69) is 23.5 Å². The summed E-state index contributed by atoms with van der Waals surface area (Å²) in [4.78, 5) is 39.1. The van der Waals surface area contributed by atoms with Crippen LogP contribution in [0.4, 0.5) is 11.4 Å². The van der Waals surface area contributed by atoms with E-state index in [4.69, 9.17) is 18.9 Å². The predicted molar refractivity (Wildman–Crippen MR) is 181 cm³/mol. The third-order valence-corrected chi connectivity index (χ3v) is 6.45. The van der Waals surface area contributed by atoms with Crippen LogP contribution >= 0.6 is 0 Å². The second-order valence-corrected chi connectivity index (χ2v) is 10.1. The number of amides is 1. The molecule has 1 amide bonds. The van der Waals surface area contributed by atoms with Gasteiger partial charge in [0.15, 0.2) is 0 Å². The lowest BCUT2D eigenvalue weighted by Crippen LogP contribution is -2.08. The molecule has 0 fully saturated rings. The Labute approximate surface area is 270 Å². The van der Waals surface area contributed by atoms with Crippen LogP contribution < -0.4 is 14.8 Å². The molecule has 9 nitrogen and oxygen atoms in total. The number of carbonyl (C=O) groups excluding carboxylic acids is 3. The molecule has 0 bridgehead atoms. The van der Waals surface area contributed by atoms with Gasteiger partial charge in [-0.05, 0) is 110 Å². The number of hydrogen-bond donors (Lipinski definition) is 1. The van der Waals surface area contributed by atoms with E-state index in [1.54, 1.807) is 12.3 Å². The average molecular weight is 625 g/mol. The number of aliphatic imine (C=N–C) groups is 1. The number of benzene rings is 3. The molecule has 3 rings (SSSR count). The minimum atomic E-state index is -0.421. The molecule has 0 aliphatic carbocycles. The molecule has 0 aliphatic heterocycles. The van der Waals surface area contributed by atoms with Gasteiger partial charge in [0.05, 0.1) is 32.1 Å². The van der Waals surface area contributed by atoms with Crippen LogP contribution in [0.1, 0.15) is 42.4 Å². The number of carbonyl (C=O) groups is 3. The van der Waals surface area contributed by atoms with Gasteiger partial charge in [-0.1, -0.05) is 25.3 Å². The van der Waals surface area contributed by atoms with E-state index in [1.165, 1.54) is 6.08 Å². The van der Waals surface area contributed by atoms with Gasteiger partial charge in [0.1, 0.15) is 11.5 Å². The lowest BCUT2D eigenvalue weighted by atomic mass is 10.1. The predicted octanol–water partition coefficient (Wildman–Crippen LogP) is 7.17. The van der Waals surface area contributed by atoms with Crippen molar-refractivity contribution < 1.29 is 33.3 Å². The summed E-state index contributed by atoms with van der Waals surface area (Å²) in [6, 6.07) is 20.6. The first-order chi connectivity index (χ1) is 22.4. The fourth-order valence-corrected chi connectivity index (χ4v) is 3.94. The molecular weight excluding hydrogens is 584 g/mol. The molecule has 0 unspecified atom stereocenters. The second kappa shape index (κ2) is 19.8. The highest BCUT2D eigenvalue weighted by molar-refractivity contribution is 6.02. The molecule has 0 heterocycles. The van der Waals surface area contributed by atoms with Crippen LogP contribution in [0, 0.1) is 6.92 Å². The Morgan fingerprint density at radius 3 is 1.76 bits per heavy atom. The summed E-state index contributed by atoms with van der Waals surface area (Å²) < 4.78 is 21.3. The third-order valence-electron chi connectivity index (χ3n) is 6.45. The van der Waals surface area contributed by atoms with Gasteiger partial charge in [-0.2, -0.15) is 0 Å². The van der Waals surface area contributed by atoms with E-state index >= 15 is 0 Å². The molecule has 0 saturated carbocycles. The SMILES string of the molecule is C=CC(=O)OCCCCOc1ccc(C=Nc2ccc(NC(=O)/C=C/c3ccc(OCCCCOC(=O)C=C)cc3)c(C)c2)cc1. The number of hydrogen-bond acceptors (Lipinski definition) is 8. The molecule has 240 valence electrons. The highest BCUT2D eigenvalue weighted by Gasteiger charge is 2.04. The zero-order chi connectivity index (χ0) is 33.0. The Kier molecular flexibility index (Phi) is 15.1. The van der Waals surface area contributed by atoms with Crippen molar-refractivity contribution in [3.63, 3.8) is 0 Å². The number of nitrogens with zero attached hydrogens (tertiary/aromatic N) is 1. The molecule has 0 atom stereocenters.